The van der Waals surface area contributed by atoms with Crippen molar-refractivity contribution in [2.45, 2.75) is 59.7 Å². The van der Waals surface area contributed by atoms with Gasteiger partial charge in [0.1, 0.15) is 18.3 Å². The van der Waals surface area contributed by atoms with E-state index < -0.39 is 28.5 Å². The van der Waals surface area contributed by atoms with E-state index in [0.29, 0.717) is 12.4 Å². The first-order valence-electron chi connectivity index (χ1n) is 11.8. The number of benzene rings is 2. The average molecular weight is 504 g/mol. The van der Waals surface area contributed by atoms with Gasteiger partial charge in [0.15, 0.2) is 0 Å². The van der Waals surface area contributed by atoms with Crippen molar-refractivity contribution < 1.29 is 22.7 Å². The van der Waals surface area contributed by atoms with E-state index in [2.05, 4.69) is 5.32 Å². The summed E-state index contributed by atoms with van der Waals surface area (Å²) in [5.41, 5.74) is 2.15. The maximum absolute atomic E-state index is 13.6. The molecular weight excluding hydrogens is 466 g/mol. The Morgan fingerprint density at radius 2 is 1.74 bits per heavy atom. The summed E-state index contributed by atoms with van der Waals surface area (Å²) in [4.78, 5) is 28.0. The van der Waals surface area contributed by atoms with Gasteiger partial charge < -0.3 is 15.0 Å². The van der Waals surface area contributed by atoms with Crippen LogP contribution in [0.2, 0.25) is 0 Å². The molecule has 2 aromatic carbocycles. The number of nitrogens with one attached hydrogen (secondary N) is 1. The van der Waals surface area contributed by atoms with Gasteiger partial charge in [0, 0.05) is 12.6 Å². The fraction of sp³-hybridized carbons (Fsp3) is 0.462. The van der Waals surface area contributed by atoms with Crippen molar-refractivity contribution in [3.63, 3.8) is 0 Å². The van der Waals surface area contributed by atoms with Gasteiger partial charge in [-0.25, -0.2) is 8.42 Å². The number of anilines is 1. The Morgan fingerprint density at radius 1 is 1.06 bits per heavy atom. The molecule has 2 aromatic rings. The fourth-order valence-electron chi connectivity index (χ4n) is 3.59. The molecule has 2 amide bonds. The smallest absolute Gasteiger partial charge is 0.244 e. The van der Waals surface area contributed by atoms with Gasteiger partial charge in [-0.05, 0) is 51.8 Å². The highest BCUT2D eigenvalue weighted by atomic mass is 32.2. The molecule has 0 saturated carbocycles. The molecular formula is C26H37N3O5S. The van der Waals surface area contributed by atoms with Crippen LogP contribution in [0.1, 0.15) is 45.2 Å². The molecule has 0 saturated heterocycles. The fourth-order valence-corrected chi connectivity index (χ4v) is 4.44. The third-order valence-electron chi connectivity index (χ3n) is 5.72. The molecule has 0 aromatic heterocycles. The standard InChI is InChI=1S/C26H37N3O5S/c1-7-20(4)27-26(31)21(5)28(17-22-13-11-12-19(3)16-22)25(30)18-29(35(6,32)33)23-14-9-10-15-24(23)34-8-2/h9-16,20-21H,7-8,17-18H2,1-6H3,(H,27,31)/t20-,21-/m1/s1. The molecule has 1 N–H and O–H groups in total. The third kappa shape index (κ3) is 7.99. The zero-order valence-electron chi connectivity index (χ0n) is 21.4. The van der Waals surface area contributed by atoms with E-state index in [1.54, 1.807) is 38.1 Å². The molecule has 35 heavy (non-hydrogen) atoms. The predicted molar refractivity (Wildman–Crippen MR) is 139 cm³/mol. The van der Waals surface area contributed by atoms with Crippen molar-refractivity contribution in [1.82, 2.24) is 10.2 Å². The number of nitrogens with zero attached hydrogens (tertiary/aromatic N) is 2. The van der Waals surface area contributed by atoms with Gasteiger partial charge >= 0.3 is 0 Å². The Balaban J connectivity index is 2.43. The summed E-state index contributed by atoms with van der Waals surface area (Å²) in [7, 11) is -3.83. The Bertz CT molecular complexity index is 1120. The van der Waals surface area contributed by atoms with Crippen molar-refractivity contribution in [2.75, 3.05) is 23.7 Å². The summed E-state index contributed by atoms with van der Waals surface area (Å²) in [5.74, 6) is -0.419. The molecule has 0 fully saturated rings. The van der Waals surface area contributed by atoms with Crippen LogP contribution in [-0.2, 0) is 26.2 Å². The van der Waals surface area contributed by atoms with Crippen molar-refractivity contribution in [3.8, 4) is 5.75 Å². The third-order valence-corrected chi connectivity index (χ3v) is 6.84. The van der Waals surface area contributed by atoms with Gasteiger partial charge in [-0.15, -0.1) is 0 Å². The molecule has 0 aliphatic rings. The molecule has 0 aliphatic carbocycles. The van der Waals surface area contributed by atoms with Gasteiger partial charge in [0.2, 0.25) is 21.8 Å². The van der Waals surface area contributed by atoms with Crippen molar-refractivity contribution >= 4 is 27.5 Å². The van der Waals surface area contributed by atoms with Gasteiger partial charge in [0.25, 0.3) is 0 Å². The van der Waals surface area contributed by atoms with Crippen LogP contribution in [0.5, 0.6) is 5.75 Å². The number of para-hydroxylation sites is 2. The molecule has 0 unspecified atom stereocenters. The van der Waals surface area contributed by atoms with E-state index in [1.807, 2.05) is 45.0 Å². The maximum Gasteiger partial charge on any atom is 0.244 e. The summed E-state index contributed by atoms with van der Waals surface area (Å²) in [6, 6.07) is 13.5. The van der Waals surface area contributed by atoms with Crippen LogP contribution in [-0.4, -0.2) is 56.6 Å². The summed E-state index contributed by atoms with van der Waals surface area (Å²) < 4.78 is 32.2. The van der Waals surface area contributed by atoms with E-state index in [9.17, 15) is 18.0 Å². The lowest BCUT2D eigenvalue weighted by Gasteiger charge is -2.32. The number of hydrogen-bond acceptors (Lipinski definition) is 5. The van der Waals surface area contributed by atoms with E-state index >= 15 is 0 Å². The Morgan fingerprint density at radius 3 is 2.34 bits per heavy atom. The summed E-state index contributed by atoms with van der Waals surface area (Å²) >= 11 is 0. The van der Waals surface area contributed by atoms with Crippen LogP contribution in [0.25, 0.3) is 0 Å². The monoisotopic (exact) mass is 503 g/mol. The molecule has 0 bridgehead atoms. The molecule has 192 valence electrons. The van der Waals surface area contributed by atoms with Crippen LogP contribution in [0.3, 0.4) is 0 Å². The lowest BCUT2D eigenvalue weighted by Crippen LogP contribution is -2.52. The van der Waals surface area contributed by atoms with Crippen LogP contribution in [0.15, 0.2) is 48.5 Å². The largest absolute Gasteiger partial charge is 0.492 e. The highest BCUT2D eigenvalue weighted by Gasteiger charge is 2.31. The molecule has 2 rings (SSSR count). The number of carbonyl (C=O) groups is 2. The second kappa shape index (κ2) is 12.6. The second-order valence-corrected chi connectivity index (χ2v) is 10.6. The predicted octanol–water partition coefficient (Wildman–Crippen LogP) is 3.49. The van der Waals surface area contributed by atoms with E-state index in [0.717, 1.165) is 28.1 Å². The van der Waals surface area contributed by atoms with Crippen molar-refractivity contribution in [2.24, 2.45) is 0 Å². The molecule has 9 heteroatoms. The molecule has 0 heterocycles. The maximum atomic E-state index is 13.6. The van der Waals surface area contributed by atoms with Crippen LogP contribution in [0.4, 0.5) is 5.69 Å². The molecule has 2 atom stereocenters. The zero-order chi connectivity index (χ0) is 26.2. The van der Waals surface area contributed by atoms with E-state index in [1.165, 1.54) is 4.90 Å². The lowest BCUT2D eigenvalue weighted by atomic mass is 10.1. The lowest BCUT2D eigenvalue weighted by molar-refractivity contribution is -0.139. The van der Waals surface area contributed by atoms with Crippen LogP contribution >= 0.6 is 0 Å². The highest BCUT2D eigenvalue weighted by molar-refractivity contribution is 7.92. The Hall–Kier alpha value is -3.07. The van der Waals surface area contributed by atoms with E-state index in [4.69, 9.17) is 4.74 Å². The minimum atomic E-state index is -3.83. The quantitative estimate of drug-likeness (QED) is 0.478. The molecule has 8 nitrogen and oxygen atoms in total. The highest BCUT2D eigenvalue weighted by Crippen LogP contribution is 2.30. The summed E-state index contributed by atoms with van der Waals surface area (Å²) in [5, 5.41) is 2.92. The van der Waals surface area contributed by atoms with Crippen molar-refractivity contribution in [3.05, 3.63) is 59.7 Å². The van der Waals surface area contributed by atoms with Crippen molar-refractivity contribution in [1.29, 1.82) is 0 Å². The molecule has 0 radical (unpaired) electrons. The number of hydrogen-bond donors (Lipinski definition) is 1. The Labute approximate surface area is 209 Å². The number of ether oxygens (including phenoxy) is 1. The number of carbonyl (C=O) groups excluding carboxylic acids is 2. The normalized spacial score (nSPS) is 13.0. The minimum Gasteiger partial charge on any atom is -0.492 e. The van der Waals surface area contributed by atoms with Gasteiger partial charge in [-0.3, -0.25) is 13.9 Å². The Kier molecular flexibility index (Phi) is 10.1. The number of aryl methyl sites for hydroxylation is 1. The van der Waals surface area contributed by atoms with E-state index in [-0.39, 0.29) is 24.2 Å². The molecule has 0 spiro atoms. The van der Waals surface area contributed by atoms with Gasteiger partial charge in [0.05, 0.1) is 18.6 Å². The summed E-state index contributed by atoms with van der Waals surface area (Å²) in [6.07, 6.45) is 1.80. The average Bonchev–Trinajstić information content (AvgIpc) is 2.80. The minimum absolute atomic E-state index is 0.0496. The van der Waals surface area contributed by atoms with Crippen LogP contribution in [0, 0.1) is 6.92 Å². The van der Waals surface area contributed by atoms with Gasteiger partial charge in [-0.2, -0.15) is 0 Å². The SMILES string of the molecule is CCOc1ccccc1N(CC(=O)N(Cc1cccc(C)c1)[C@H](C)C(=O)N[C@H](C)CC)S(C)(=O)=O. The number of amides is 2. The topological polar surface area (TPSA) is 96.0 Å². The zero-order valence-corrected chi connectivity index (χ0v) is 22.3. The first kappa shape index (κ1) is 28.2. The van der Waals surface area contributed by atoms with Crippen LogP contribution < -0.4 is 14.4 Å². The second-order valence-electron chi connectivity index (χ2n) is 8.67. The molecule has 0 aliphatic heterocycles. The first-order valence-corrected chi connectivity index (χ1v) is 13.7. The van der Waals surface area contributed by atoms with Gasteiger partial charge in [-0.1, -0.05) is 48.9 Å². The number of sulfonamides is 1. The first-order chi connectivity index (χ1) is 16.5. The summed E-state index contributed by atoms with van der Waals surface area (Å²) in [6.45, 7) is 9.31. The number of rotatable bonds is 12.